The summed E-state index contributed by atoms with van der Waals surface area (Å²) in [6.07, 6.45) is 3.22. The number of carbonyl (C=O) groups excluding carboxylic acids is 1. The molecule has 0 fully saturated rings. The van der Waals surface area contributed by atoms with Crippen LogP contribution in [0, 0.1) is 0 Å². The highest BCUT2D eigenvalue weighted by Gasteiger charge is 2.19. The van der Waals surface area contributed by atoms with Crippen LogP contribution in [0.25, 0.3) is 0 Å². The van der Waals surface area contributed by atoms with Gasteiger partial charge in [-0.05, 0) is 26.8 Å². The molecular formula is C11H18N4OS. The summed E-state index contributed by atoms with van der Waals surface area (Å²) >= 11 is 1.37. The Bertz CT molecular complexity index is 371. The number of aliphatic imine (C=N–C) groups is 1. The Balaban J connectivity index is 2.43. The van der Waals surface area contributed by atoms with Gasteiger partial charge in [-0.3, -0.25) is 9.79 Å². The van der Waals surface area contributed by atoms with Crippen LogP contribution >= 0.6 is 11.3 Å². The molecule has 5 nitrogen and oxygen atoms in total. The molecule has 94 valence electrons. The Kier molecular flexibility index (Phi) is 5.79. The van der Waals surface area contributed by atoms with E-state index in [1.54, 1.807) is 20.2 Å². The van der Waals surface area contributed by atoms with Crippen molar-refractivity contribution in [2.24, 2.45) is 10.7 Å². The predicted octanol–water partition coefficient (Wildman–Crippen LogP) is 1.07. The zero-order valence-electron chi connectivity index (χ0n) is 10.1. The van der Waals surface area contributed by atoms with Crippen molar-refractivity contribution in [3.05, 3.63) is 16.6 Å². The molecule has 0 aromatic carbocycles. The molecule has 1 heterocycles. The highest BCUT2D eigenvalue weighted by Crippen LogP contribution is 2.10. The van der Waals surface area contributed by atoms with E-state index in [1.165, 1.54) is 11.3 Å². The van der Waals surface area contributed by atoms with Crippen LogP contribution in [-0.2, 0) is 0 Å². The maximum Gasteiger partial charge on any atom is 0.208 e. The van der Waals surface area contributed by atoms with Crippen molar-refractivity contribution in [2.45, 2.75) is 25.8 Å². The minimum atomic E-state index is -0.186. The van der Waals surface area contributed by atoms with E-state index in [1.807, 2.05) is 5.38 Å². The van der Waals surface area contributed by atoms with Crippen LogP contribution in [0.4, 0.5) is 0 Å². The number of carbonyl (C=O) groups is 1. The molecule has 0 amide bonds. The van der Waals surface area contributed by atoms with Gasteiger partial charge in [0.1, 0.15) is 0 Å². The van der Waals surface area contributed by atoms with Crippen molar-refractivity contribution in [3.8, 4) is 0 Å². The smallest absolute Gasteiger partial charge is 0.208 e. The third kappa shape index (κ3) is 4.62. The van der Waals surface area contributed by atoms with E-state index in [0.717, 1.165) is 12.8 Å². The summed E-state index contributed by atoms with van der Waals surface area (Å²) in [6.45, 7) is 2.42. The van der Waals surface area contributed by atoms with Crippen molar-refractivity contribution in [2.75, 3.05) is 13.6 Å². The fourth-order valence-electron chi connectivity index (χ4n) is 1.45. The van der Waals surface area contributed by atoms with Crippen LogP contribution in [0.1, 0.15) is 29.6 Å². The fourth-order valence-corrected chi connectivity index (χ4v) is 2.08. The quantitative estimate of drug-likeness (QED) is 0.330. The summed E-state index contributed by atoms with van der Waals surface area (Å²) in [5.41, 5.74) is 5.44. The third-order valence-corrected chi connectivity index (χ3v) is 3.11. The molecule has 1 rings (SSSR count). The Morgan fingerprint density at radius 3 is 3.00 bits per heavy atom. The molecule has 0 radical (unpaired) electrons. The van der Waals surface area contributed by atoms with E-state index < -0.39 is 0 Å². The monoisotopic (exact) mass is 254 g/mol. The van der Waals surface area contributed by atoms with Gasteiger partial charge < -0.3 is 11.1 Å². The van der Waals surface area contributed by atoms with Gasteiger partial charge in [-0.1, -0.05) is 0 Å². The van der Waals surface area contributed by atoms with Gasteiger partial charge in [0, 0.05) is 18.1 Å². The van der Waals surface area contributed by atoms with Gasteiger partial charge in [0.2, 0.25) is 5.78 Å². The van der Waals surface area contributed by atoms with Crippen LogP contribution in [0.5, 0.6) is 0 Å². The van der Waals surface area contributed by atoms with E-state index in [-0.39, 0.29) is 11.8 Å². The minimum absolute atomic E-state index is 0.0518. The van der Waals surface area contributed by atoms with Crippen LogP contribution in [-0.4, -0.2) is 36.2 Å². The van der Waals surface area contributed by atoms with Crippen molar-refractivity contribution in [1.82, 2.24) is 10.3 Å². The second-order valence-electron chi connectivity index (χ2n) is 3.71. The van der Waals surface area contributed by atoms with Gasteiger partial charge in [0.25, 0.3) is 0 Å². The van der Waals surface area contributed by atoms with E-state index in [4.69, 9.17) is 5.73 Å². The second kappa shape index (κ2) is 7.13. The zero-order valence-corrected chi connectivity index (χ0v) is 11.0. The first-order chi connectivity index (χ1) is 8.15. The number of hydrogen-bond donors (Lipinski definition) is 2. The fraction of sp³-hybridized carbons (Fsp3) is 0.545. The van der Waals surface area contributed by atoms with Crippen LogP contribution in [0.3, 0.4) is 0 Å². The normalized spacial score (nSPS) is 13.6. The van der Waals surface area contributed by atoms with Gasteiger partial charge in [0.05, 0.1) is 11.9 Å². The molecular weight excluding hydrogens is 236 g/mol. The first-order valence-electron chi connectivity index (χ1n) is 5.52. The number of aromatic nitrogens is 1. The van der Waals surface area contributed by atoms with Gasteiger partial charge >= 0.3 is 0 Å². The van der Waals surface area contributed by atoms with Crippen LogP contribution in [0.2, 0.25) is 0 Å². The number of hydrogen-bond acceptors (Lipinski definition) is 5. The minimum Gasteiger partial charge on any atom is -0.388 e. The zero-order chi connectivity index (χ0) is 12.7. The molecule has 1 aromatic heterocycles. The Hall–Kier alpha value is -1.27. The number of ketones is 1. The number of amidine groups is 1. The van der Waals surface area contributed by atoms with Crippen molar-refractivity contribution < 1.29 is 4.79 Å². The molecule has 0 saturated heterocycles. The molecule has 0 aliphatic carbocycles. The molecule has 0 spiro atoms. The number of nitrogens with two attached hydrogens (primary N) is 1. The topological polar surface area (TPSA) is 80.4 Å². The second-order valence-corrected chi connectivity index (χ2v) is 4.60. The Morgan fingerprint density at radius 1 is 1.71 bits per heavy atom. The lowest BCUT2D eigenvalue weighted by Gasteiger charge is -2.12. The van der Waals surface area contributed by atoms with E-state index in [2.05, 4.69) is 15.3 Å². The molecule has 0 aliphatic rings. The molecule has 1 atom stereocenters. The number of rotatable bonds is 7. The Morgan fingerprint density at radius 2 is 2.47 bits per heavy atom. The maximum atomic E-state index is 12.0. The van der Waals surface area contributed by atoms with Crippen LogP contribution in [0.15, 0.2) is 16.6 Å². The number of thiazole rings is 1. The van der Waals surface area contributed by atoms with E-state index in [9.17, 15) is 4.79 Å². The average molecular weight is 254 g/mol. The maximum absolute atomic E-state index is 12.0. The summed E-state index contributed by atoms with van der Waals surface area (Å²) in [6, 6.07) is -0.186. The molecule has 0 bridgehead atoms. The Labute approximate surface area is 105 Å². The lowest BCUT2D eigenvalue weighted by Crippen LogP contribution is -2.34. The van der Waals surface area contributed by atoms with Crippen molar-refractivity contribution >= 4 is 23.0 Å². The number of likely N-dealkylation sites (N-methyl/N-ethyl adjacent to an activating group) is 1. The SMILES string of the molecule is CN[C@@H](CCCN=C(C)N)C(=O)c1nccs1. The molecule has 0 unspecified atom stereocenters. The van der Waals surface area contributed by atoms with Crippen LogP contribution < -0.4 is 11.1 Å². The standard InChI is InChI=1S/C11H18N4OS/c1-8(12)14-5-3-4-9(13-2)10(16)11-15-6-7-17-11/h6-7,9,13H,3-5H2,1-2H3,(H2,12,14)/t9-/m0/s1. The highest BCUT2D eigenvalue weighted by molar-refractivity contribution is 7.11. The van der Waals surface area contributed by atoms with E-state index >= 15 is 0 Å². The number of nitrogens with one attached hydrogen (secondary N) is 1. The summed E-state index contributed by atoms with van der Waals surface area (Å²) in [5, 5.41) is 5.38. The molecule has 0 saturated carbocycles. The summed E-state index contributed by atoms with van der Waals surface area (Å²) in [4.78, 5) is 20.1. The molecule has 1 aromatic rings. The summed E-state index contributed by atoms with van der Waals surface area (Å²) < 4.78 is 0. The number of nitrogens with zero attached hydrogens (tertiary/aromatic N) is 2. The van der Waals surface area contributed by atoms with E-state index in [0.29, 0.717) is 17.4 Å². The van der Waals surface area contributed by atoms with Gasteiger partial charge in [-0.25, -0.2) is 4.98 Å². The van der Waals surface area contributed by atoms with Crippen molar-refractivity contribution in [3.63, 3.8) is 0 Å². The van der Waals surface area contributed by atoms with Gasteiger partial charge in [0.15, 0.2) is 5.01 Å². The summed E-state index contributed by atoms with van der Waals surface area (Å²) in [7, 11) is 1.79. The third-order valence-electron chi connectivity index (χ3n) is 2.32. The molecule has 17 heavy (non-hydrogen) atoms. The first kappa shape index (κ1) is 13.8. The predicted molar refractivity (Wildman–Crippen MR) is 70.7 cm³/mol. The average Bonchev–Trinajstić information content (AvgIpc) is 2.81. The van der Waals surface area contributed by atoms with Gasteiger partial charge in [-0.15, -0.1) is 11.3 Å². The lowest BCUT2D eigenvalue weighted by atomic mass is 10.1. The van der Waals surface area contributed by atoms with Gasteiger partial charge in [-0.2, -0.15) is 0 Å². The molecule has 3 N–H and O–H groups in total. The number of Topliss-reactive ketones (excluding diaryl/α,β-unsaturated/α-hetero) is 1. The van der Waals surface area contributed by atoms with Crippen molar-refractivity contribution in [1.29, 1.82) is 0 Å². The lowest BCUT2D eigenvalue weighted by molar-refractivity contribution is 0.0941. The molecule has 6 heteroatoms. The summed E-state index contributed by atoms with van der Waals surface area (Å²) in [5.74, 6) is 0.633. The molecule has 0 aliphatic heterocycles. The first-order valence-corrected chi connectivity index (χ1v) is 6.40. The highest BCUT2D eigenvalue weighted by atomic mass is 32.1. The largest absolute Gasteiger partial charge is 0.388 e.